The number of carbonyl (C=O) groups excluding carboxylic acids is 1. The number of aromatic amines is 1. The number of aromatic nitrogens is 2. The number of hydrogen-bond donors (Lipinski definition) is 3. The highest BCUT2D eigenvalue weighted by Crippen LogP contribution is 2.31. The number of H-pyrrole nitrogens is 1. The zero-order chi connectivity index (χ0) is 16.9. The Morgan fingerprint density at radius 3 is 2.62 bits per heavy atom. The van der Waals surface area contributed by atoms with Crippen LogP contribution in [-0.2, 0) is 11.2 Å². The van der Waals surface area contributed by atoms with Crippen LogP contribution >= 0.6 is 0 Å². The average Bonchev–Trinajstić information content (AvgIpc) is 3.05. The molecule has 0 bridgehead atoms. The van der Waals surface area contributed by atoms with Crippen LogP contribution in [0.5, 0.6) is 0 Å². The SMILES string of the molecule is N#Cc1cccc(-c2n[nH]c(-c3ccccc3)c2CC(=O)NO)c1. The van der Waals surface area contributed by atoms with E-state index in [1.165, 1.54) is 0 Å². The van der Waals surface area contributed by atoms with Gasteiger partial charge in [-0.1, -0.05) is 42.5 Å². The Labute approximate surface area is 138 Å². The molecule has 2 aromatic carbocycles. The molecule has 6 nitrogen and oxygen atoms in total. The van der Waals surface area contributed by atoms with E-state index in [2.05, 4.69) is 16.3 Å². The van der Waals surface area contributed by atoms with Gasteiger partial charge in [0.25, 0.3) is 0 Å². The first-order valence-electron chi connectivity index (χ1n) is 7.29. The lowest BCUT2D eigenvalue weighted by Gasteiger charge is -2.06. The van der Waals surface area contributed by atoms with Crippen LogP contribution in [0.3, 0.4) is 0 Å². The number of amides is 1. The van der Waals surface area contributed by atoms with Crippen LogP contribution in [0.15, 0.2) is 54.6 Å². The third kappa shape index (κ3) is 3.02. The summed E-state index contributed by atoms with van der Waals surface area (Å²) in [6, 6.07) is 18.6. The van der Waals surface area contributed by atoms with Crippen LogP contribution in [-0.4, -0.2) is 21.3 Å². The third-order valence-electron chi connectivity index (χ3n) is 3.66. The number of hydrogen-bond acceptors (Lipinski definition) is 4. The molecule has 118 valence electrons. The molecule has 1 aromatic heterocycles. The van der Waals surface area contributed by atoms with Gasteiger partial charge in [-0.2, -0.15) is 10.4 Å². The van der Waals surface area contributed by atoms with E-state index in [-0.39, 0.29) is 6.42 Å². The Hall–Kier alpha value is -3.43. The summed E-state index contributed by atoms with van der Waals surface area (Å²) in [5.74, 6) is -0.536. The van der Waals surface area contributed by atoms with Crippen molar-refractivity contribution >= 4 is 5.91 Å². The van der Waals surface area contributed by atoms with Crippen LogP contribution < -0.4 is 5.48 Å². The Morgan fingerprint density at radius 1 is 1.17 bits per heavy atom. The molecule has 0 radical (unpaired) electrons. The van der Waals surface area contributed by atoms with Crippen molar-refractivity contribution in [1.29, 1.82) is 5.26 Å². The summed E-state index contributed by atoms with van der Waals surface area (Å²) in [4.78, 5) is 11.7. The second-order valence-electron chi connectivity index (χ2n) is 5.20. The van der Waals surface area contributed by atoms with E-state index >= 15 is 0 Å². The molecule has 3 aromatic rings. The number of rotatable bonds is 4. The molecule has 1 heterocycles. The summed E-state index contributed by atoms with van der Waals surface area (Å²) >= 11 is 0. The normalized spacial score (nSPS) is 10.2. The Bertz CT molecular complexity index is 910. The molecular formula is C18H14N4O2. The van der Waals surface area contributed by atoms with E-state index in [4.69, 9.17) is 10.5 Å². The van der Waals surface area contributed by atoms with Gasteiger partial charge < -0.3 is 0 Å². The van der Waals surface area contributed by atoms with E-state index in [0.717, 1.165) is 11.1 Å². The smallest absolute Gasteiger partial charge is 0.247 e. The molecule has 3 N–H and O–H groups in total. The van der Waals surface area contributed by atoms with Gasteiger partial charge in [0, 0.05) is 11.1 Å². The lowest BCUT2D eigenvalue weighted by atomic mass is 9.98. The fourth-order valence-corrected chi connectivity index (χ4v) is 2.56. The van der Waals surface area contributed by atoms with E-state index in [1.807, 2.05) is 36.4 Å². The predicted molar refractivity (Wildman–Crippen MR) is 87.8 cm³/mol. The van der Waals surface area contributed by atoms with E-state index in [1.54, 1.807) is 23.7 Å². The van der Waals surface area contributed by atoms with Gasteiger partial charge in [-0.15, -0.1) is 0 Å². The van der Waals surface area contributed by atoms with Gasteiger partial charge in [0.1, 0.15) is 0 Å². The van der Waals surface area contributed by atoms with Crippen LogP contribution in [0, 0.1) is 11.3 Å². The number of carbonyl (C=O) groups is 1. The lowest BCUT2D eigenvalue weighted by Crippen LogP contribution is -2.21. The van der Waals surface area contributed by atoms with Crippen molar-refractivity contribution in [3.05, 3.63) is 65.7 Å². The Balaban J connectivity index is 2.14. The summed E-state index contributed by atoms with van der Waals surface area (Å²) in [7, 11) is 0. The maximum absolute atomic E-state index is 11.7. The number of nitrogens with one attached hydrogen (secondary N) is 2. The average molecular weight is 318 g/mol. The molecule has 0 aliphatic heterocycles. The molecule has 6 heteroatoms. The quantitative estimate of drug-likeness (QED) is 0.508. The van der Waals surface area contributed by atoms with Crippen molar-refractivity contribution in [3.63, 3.8) is 0 Å². The molecule has 0 spiro atoms. The molecule has 0 saturated heterocycles. The van der Waals surface area contributed by atoms with Crippen molar-refractivity contribution in [1.82, 2.24) is 15.7 Å². The Morgan fingerprint density at radius 2 is 1.92 bits per heavy atom. The third-order valence-corrected chi connectivity index (χ3v) is 3.66. The monoisotopic (exact) mass is 318 g/mol. The van der Waals surface area contributed by atoms with E-state index < -0.39 is 5.91 Å². The molecule has 0 atom stereocenters. The van der Waals surface area contributed by atoms with Gasteiger partial charge in [-0.3, -0.25) is 15.1 Å². The standard InChI is InChI=1S/C18H14N4O2/c19-11-12-5-4-8-14(9-12)18-15(10-16(23)22-24)17(20-21-18)13-6-2-1-3-7-13/h1-9,24H,10H2,(H,20,21)(H,22,23). The minimum absolute atomic E-state index is 0.0384. The zero-order valence-corrected chi connectivity index (χ0v) is 12.7. The molecule has 1 amide bonds. The topological polar surface area (TPSA) is 102 Å². The first-order valence-corrected chi connectivity index (χ1v) is 7.29. The second-order valence-corrected chi connectivity index (χ2v) is 5.20. The predicted octanol–water partition coefficient (Wildman–Crippen LogP) is 2.66. The number of nitriles is 1. The fourth-order valence-electron chi connectivity index (χ4n) is 2.56. The molecular weight excluding hydrogens is 304 g/mol. The molecule has 24 heavy (non-hydrogen) atoms. The zero-order valence-electron chi connectivity index (χ0n) is 12.7. The van der Waals surface area contributed by atoms with Gasteiger partial charge in [-0.05, 0) is 17.7 Å². The van der Waals surface area contributed by atoms with Crippen LogP contribution in [0.2, 0.25) is 0 Å². The highest BCUT2D eigenvalue weighted by Gasteiger charge is 2.19. The van der Waals surface area contributed by atoms with Crippen LogP contribution in [0.25, 0.3) is 22.5 Å². The minimum Gasteiger partial charge on any atom is -0.289 e. The number of nitrogens with zero attached hydrogens (tertiary/aromatic N) is 2. The lowest BCUT2D eigenvalue weighted by molar-refractivity contribution is -0.128. The van der Waals surface area contributed by atoms with Gasteiger partial charge in [0.05, 0.1) is 29.4 Å². The number of benzene rings is 2. The van der Waals surface area contributed by atoms with Gasteiger partial charge >= 0.3 is 0 Å². The second kappa shape index (κ2) is 6.77. The molecule has 0 fully saturated rings. The van der Waals surface area contributed by atoms with E-state index in [9.17, 15) is 4.79 Å². The van der Waals surface area contributed by atoms with Gasteiger partial charge in [-0.25, -0.2) is 5.48 Å². The molecule has 3 rings (SSSR count). The van der Waals surface area contributed by atoms with Gasteiger partial charge in [0.15, 0.2) is 0 Å². The molecule has 0 aliphatic carbocycles. The molecule has 0 saturated carbocycles. The Kier molecular flexibility index (Phi) is 4.36. The molecule has 0 aliphatic rings. The van der Waals surface area contributed by atoms with E-state index in [0.29, 0.717) is 22.5 Å². The van der Waals surface area contributed by atoms with Crippen LogP contribution in [0.1, 0.15) is 11.1 Å². The summed E-state index contributed by atoms with van der Waals surface area (Å²) < 4.78 is 0. The summed E-state index contributed by atoms with van der Waals surface area (Å²) in [5, 5.41) is 25.2. The summed E-state index contributed by atoms with van der Waals surface area (Å²) in [6.45, 7) is 0. The molecule has 0 unspecified atom stereocenters. The first-order chi connectivity index (χ1) is 11.7. The van der Waals surface area contributed by atoms with Crippen LogP contribution in [0.4, 0.5) is 0 Å². The maximum Gasteiger partial charge on any atom is 0.247 e. The fraction of sp³-hybridized carbons (Fsp3) is 0.0556. The summed E-state index contributed by atoms with van der Waals surface area (Å²) in [5.41, 5.74) is 5.71. The first kappa shape index (κ1) is 15.5. The van der Waals surface area contributed by atoms with Crippen molar-refractivity contribution in [2.24, 2.45) is 0 Å². The van der Waals surface area contributed by atoms with Gasteiger partial charge in [0.2, 0.25) is 5.91 Å². The maximum atomic E-state index is 11.7. The highest BCUT2D eigenvalue weighted by atomic mass is 16.5. The highest BCUT2D eigenvalue weighted by molar-refractivity contribution is 5.84. The van der Waals surface area contributed by atoms with Crippen molar-refractivity contribution in [3.8, 4) is 28.6 Å². The minimum atomic E-state index is -0.536. The number of hydroxylamine groups is 1. The largest absolute Gasteiger partial charge is 0.289 e. The summed E-state index contributed by atoms with van der Waals surface area (Å²) in [6.07, 6.45) is -0.0384. The van der Waals surface area contributed by atoms with Crippen molar-refractivity contribution < 1.29 is 10.0 Å². The van der Waals surface area contributed by atoms with Crippen molar-refractivity contribution in [2.75, 3.05) is 0 Å². The van der Waals surface area contributed by atoms with Crippen molar-refractivity contribution in [2.45, 2.75) is 6.42 Å².